The van der Waals surface area contributed by atoms with Crippen LogP contribution >= 0.6 is 0 Å². The molecular weight excluding hydrogens is 398 g/mol. The molecule has 1 unspecified atom stereocenters. The minimum absolute atomic E-state index is 0.0370. The summed E-state index contributed by atoms with van der Waals surface area (Å²) in [4.78, 5) is 21.6. The van der Waals surface area contributed by atoms with Crippen LogP contribution < -0.4 is 0 Å². The number of allylic oxidation sites excluding steroid dienone is 1. The van der Waals surface area contributed by atoms with Crippen LogP contribution in [0.1, 0.15) is 65.7 Å². The van der Waals surface area contributed by atoms with Gasteiger partial charge in [0.1, 0.15) is 17.4 Å². The molecular formula is C26H38F2O3. The Labute approximate surface area is 186 Å². The van der Waals surface area contributed by atoms with E-state index in [1.807, 2.05) is 41.5 Å². The molecule has 2 aromatic rings. The van der Waals surface area contributed by atoms with Gasteiger partial charge in [0.25, 0.3) is 0 Å². The molecule has 2 aromatic carbocycles. The van der Waals surface area contributed by atoms with Gasteiger partial charge < -0.3 is 5.11 Å². The average molecular weight is 437 g/mol. The molecule has 0 saturated heterocycles. The van der Waals surface area contributed by atoms with Gasteiger partial charge in [-0.1, -0.05) is 77.1 Å². The van der Waals surface area contributed by atoms with Gasteiger partial charge in [-0.3, -0.25) is 9.59 Å². The zero-order chi connectivity index (χ0) is 25.1. The Morgan fingerprint density at radius 2 is 1.29 bits per heavy atom. The zero-order valence-electron chi connectivity index (χ0n) is 20.3. The van der Waals surface area contributed by atoms with E-state index in [-0.39, 0.29) is 34.2 Å². The number of hydrogen-bond donors (Lipinski definition) is 1. The van der Waals surface area contributed by atoms with Crippen LogP contribution in [0, 0.1) is 17.6 Å². The first kappa shape index (κ1) is 33.0. The van der Waals surface area contributed by atoms with Crippen LogP contribution in [0.4, 0.5) is 8.78 Å². The minimum Gasteiger partial charge on any atom is -0.400 e. The summed E-state index contributed by atoms with van der Waals surface area (Å²) in [5, 5.41) is 7.00. The first-order valence-corrected chi connectivity index (χ1v) is 10.3. The maximum atomic E-state index is 13.8. The second-order valence-electron chi connectivity index (χ2n) is 5.91. The molecule has 0 heterocycles. The number of rotatable bonds is 4. The second kappa shape index (κ2) is 19.3. The molecule has 0 amide bonds. The first-order chi connectivity index (χ1) is 14.6. The summed E-state index contributed by atoms with van der Waals surface area (Å²) in [6.45, 7) is 18.3. The van der Waals surface area contributed by atoms with Crippen molar-refractivity contribution >= 4 is 11.6 Å². The summed E-state index contributed by atoms with van der Waals surface area (Å²) in [7, 11) is 1.00. The largest absolute Gasteiger partial charge is 0.400 e. The van der Waals surface area contributed by atoms with E-state index in [4.69, 9.17) is 5.11 Å². The number of aliphatic hydroxyl groups excluding tert-OH is 1. The Bertz CT molecular complexity index is 785. The van der Waals surface area contributed by atoms with E-state index >= 15 is 0 Å². The van der Waals surface area contributed by atoms with Crippen molar-refractivity contribution in [3.8, 4) is 11.1 Å². The van der Waals surface area contributed by atoms with Crippen LogP contribution in [0.2, 0.25) is 0 Å². The Hall–Kier alpha value is -2.66. The molecule has 31 heavy (non-hydrogen) atoms. The molecule has 0 saturated carbocycles. The van der Waals surface area contributed by atoms with E-state index in [0.717, 1.165) is 18.7 Å². The molecule has 3 nitrogen and oxygen atoms in total. The molecule has 0 radical (unpaired) electrons. The average Bonchev–Trinajstić information content (AvgIpc) is 2.78. The molecule has 0 aliphatic carbocycles. The molecule has 2 rings (SSSR count). The van der Waals surface area contributed by atoms with E-state index < -0.39 is 11.6 Å². The lowest BCUT2D eigenvalue weighted by molar-refractivity contribution is -0.119. The fourth-order valence-electron chi connectivity index (χ4n) is 1.98. The van der Waals surface area contributed by atoms with Gasteiger partial charge in [0.15, 0.2) is 5.78 Å². The third-order valence-electron chi connectivity index (χ3n) is 3.89. The predicted molar refractivity (Wildman–Crippen MR) is 127 cm³/mol. The van der Waals surface area contributed by atoms with Crippen LogP contribution in [0.25, 0.3) is 11.1 Å². The number of benzene rings is 2. The summed E-state index contributed by atoms with van der Waals surface area (Å²) >= 11 is 0. The number of carbonyl (C=O) groups excluding carboxylic acids is 2. The molecule has 0 bridgehead atoms. The summed E-state index contributed by atoms with van der Waals surface area (Å²) in [6, 6.07) is 9.99. The second-order valence-corrected chi connectivity index (χ2v) is 5.91. The van der Waals surface area contributed by atoms with Crippen LogP contribution in [-0.2, 0) is 4.79 Å². The normalized spacial score (nSPS) is 9.55. The molecule has 0 aliphatic rings. The van der Waals surface area contributed by atoms with Crippen molar-refractivity contribution in [2.45, 2.75) is 55.4 Å². The number of Topliss-reactive ketones (excluding diaryl/α,β-unsaturated/α-hetero) is 2. The van der Waals surface area contributed by atoms with Crippen LogP contribution in [0.3, 0.4) is 0 Å². The Morgan fingerprint density at radius 3 is 1.61 bits per heavy atom. The number of aliphatic hydroxyl groups is 1. The Balaban J connectivity index is -0.000000474. The molecule has 0 spiro atoms. The van der Waals surface area contributed by atoms with Crippen LogP contribution in [0.15, 0.2) is 54.6 Å². The number of carbonyl (C=O) groups is 2. The molecule has 174 valence electrons. The Kier molecular flexibility index (Phi) is 20.6. The molecule has 0 aliphatic heterocycles. The van der Waals surface area contributed by atoms with Crippen molar-refractivity contribution in [2.75, 3.05) is 7.11 Å². The molecule has 1 N–H and O–H groups in total. The smallest absolute Gasteiger partial charge is 0.159 e. The number of ketones is 2. The van der Waals surface area contributed by atoms with Gasteiger partial charge in [0.05, 0.1) is 0 Å². The Morgan fingerprint density at radius 1 is 0.839 bits per heavy atom. The fraction of sp³-hybridized carbons (Fsp3) is 0.385. The third-order valence-corrected chi connectivity index (χ3v) is 3.89. The highest BCUT2D eigenvalue weighted by molar-refractivity contribution is 5.94. The monoisotopic (exact) mass is 436 g/mol. The lowest BCUT2D eigenvalue weighted by atomic mass is 10.0. The van der Waals surface area contributed by atoms with Crippen molar-refractivity contribution in [1.82, 2.24) is 0 Å². The minimum atomic E-state index is -0.595. The van der Waals surface area contributed by atoms with Crippen LogP contribution in [-0.4, -0.2) is 23.8 Å². The zero-order valence-corrected chi connectivity index (χ0v) is 20.3. The van der Waals surface area contributed by atoms with Crippen molar-refractivity contribution in [3.63, 3.8) is 0 Å². The quantitative estimate of drug-likeness (QED) is 0.405. The van der Waals surface area contributed by atoms with Gasteiger partial charge in [0, 0.05) is 29.7 Å². The summed E-state index contributed by atoms with van der Waals surface area (Å²) < 4.78 is 27.2. The SMILES string of the molecule is C=C(C)C(C)C(C)=O.CC.CC.CC(=O)c1ccc(-c2ccccc2F)c(F)c1.CO. The topological polar surface area (TPSA) is 54.4 Å². The van der Waals surface area contributed by atoms with Gasteiger partial charge in [-0.25, -0.2) is 8.78 Å². The molecule has 1 atom stereocenters. The van der Waals surface area contributed by atoms with Gasteiger partial charge >= 0.3 is 0 Å². The first-order valence-electron chi connectivity index (χ1n) is 10.3. The van der Waals surface area contributed by atoms with Gasteiger partial charge in [-0.15, -0.1) is 0 Å². The lowest BCUT2D eigenvalue weighted by Gasteiger charge is -2.05. The van der Waals surface area contributed by atoms with Gasteiger partial charge in [-0.2, -0.15) is 0 Å². The molecule has 5 heteroatoms. The van der Waals surface area contributed by atoms with E-state index in [9.17, 15) is 18.4 Å². The maximum absolute atomic E-state index is 13.8. The summed E-state index contributed by atoms with van der Waals surface area (Å²) in [5.41, 5.74) is 1.58. The predicted octanol–water partition coefficient (Wildman–Crippen LogP) is 7.28. The van der Waals surface area contributed by atoms with Crippen molar-refractivity contribution in [3.05, 3.63) is 71.8 Å². The highest BCUT2D eigenvalue weighted by Gasteiger charge is 2.11. The van der Waals surface area contributed by atoms with Crippen molar-refractivity contribution in [1.29, 1.82) is 0 Å². The molecule has 0 fully saturated rings. The van der Waals surface area contributed by atoms with E-state index in [0.29, 0.717) is 0 Å². The van der Waals surface area contributed by atoms with E-state index in [1.54, 1.807) is 19.1 Å². The van der Waals surface area contributed by atoms with Gasteiger partial charge in [-0.05, 0) is 32.9 Å². The standard InChI is InChI=1S/C14H10F2O.C7H12O.2C2H6.CH4O/c1-9(17)10-6-7-12(14(16)8-10)11-4-2-3-5-13(11)15;1-5(2)6(3)7(4)8;3*1-2/h2-8H,1H3;6H,1H2,2-4H3;2*1-2H3;2H,1H3. The van der Waals surface area contributed by atoms with Gasteiger partial charge in [0.2, 0.25) is 0 Å². The van der Waals surface area contributed by atoms with Crippen molar-refractivity contribution < 1.29 is 23.5 Å². The van der Waals surface area contributed by atoms with E-state index in [2.05, 4.69) is 6.58 Å². The van der Waals surface area contributed by atoms with Crippen molar-refractivity contribution in [2.24, 2.45) is 5.92 Å². The highest BCUT2D eigenvalue weighted by Crippen LogP contribution is 2.26. The maximum Gasteiger partial charge on any atom is 0.159 e. The summed E-state index contributed by atoms with van der Waals surface area (Å²) in [5.74, 6) is -1.07. The fourth-order valence-corrected chi connectivity index (χ4v) is 1.98. The summed E-state index contributed by atoms with van der Waals surface area (Å²) in [6.07, 6.45) is 0. The van der Waals surface area contributed by atoms with Crippen LogP contribution in [0.5, 0.6) is 0 Å². The lowest BCUT2D eigenvalue weighted by Crippen LogP contribution is -2.05. The van der Waals surface area contributed by atoms with E-state index in [1.165, 1.54) is 31.2 Å². The molecule has 0 aromatic heterocycles. The number of hydrogen-bond acceptors (Lipinski definition) is 3. The third kappa shape index (κ3) is 12.6. The highest BCUT2D eigenvalue weighted by atomic mass is 19.1. The number of halogens is 2.